The van der Waals surface area contributed by atoms with E-state index in [2.05, 4.69) is 0 Å². The maximum absolute atomic E-state index is 10.7. The number of halogens is 2. The molecule has 0 spiro atoms. The number of rotatable bonds is 4. The standard InChI is InChI=1S/C15H16Cl2O3/c16-11-8-10(6-7-14(18)19)15(13(17)9-11)20-12-4-2-1-3-5-12/h6-9,12H,1-5H2,(H,18,19)/b7-6+. The molecule has 0 aromatic heterocycles. The van der Waals surface area contributed by atoms with Crippen molar-refractivity contribution in [1.29, 1.82) is 0 Å². The van der Waals surface area contributed by atoms with Crippen molar-refractivity contribution in [2.45, 2.75) is 38.2 Å². The highest BCUT2D eigenvalue weighted by atomic mass is 35.5. The van der Waals surface area contributed by atoms with Gasteiger partial charge >= 0.3 is 5.97 Å². The molecule has 20 heavy (non-hydrogen) atoms. The Morgan fingerprint density at radius 2 is 1.95 bits per heavy atom. The summed E-state index contributed by atoms with van der Waals surface area (Å²) >= 11 is 12.1. The van der Waals surface area contributed by atoms with Crippen LogP contribution >= 0.6 is 23.2 Å². The van der Waals surface area contributed by atoms with Crippen LogP contribution < -0.4 is 4.74 Å². The van der Waals surface area contributed by atoms with Gasteiger partial charge in [-0.15, -0.1) is 0 Å². The zero-order chi connectivity index (χ0) is 14.5. The molecule has 1 aliphatic carbocycles. The molecule has 0 aliphatic heterocycles. The summed E-state index contributed by atoms with van der Waals surface area (Å²) in [4.78, 5) is 10.7. The van der Waals surface area contributed by atoms with Crippen LogP contribution in [-0.4, -0.2) is 17.2 Å². The average molecular weight is 315 g/mol. The van der Waals surface area contributed by atoms with Gasteiger partial charge in [-0.1, -0.05) is 29.6 Å². The van der Waals surface area contributed by atoms with Gasteiger partial charge in [0.15, 0.2) is 0 Å². The summed E-state index contributed by atoms with van der Waals surface area (Å²) in [6, 6.07) is 3.27. The number of ether oxygens (including phenoxy) is 1. The first-order chi connectivity index (χ1) is 9.56. The maximum atomic E-state index is 10.7. The van der Waals surface area contributed by atoms with Crippen molar-refractivity contribution in [2.24, 2.45) is 0 Å². The van der Waals surface area contributed by atoms with Gasteiger partial charge in [-0.3, -0.25) is 0 Å². The lowest BCUT2D eigenvalue weighted by Crippen LogP contribution is -2.20. The molecular formula is C15H16Cl2O3. The number of aliphatic carboxylic acids is 1. The van der Waals surface area contributed by atoms with Gasteiger partial charge in [0.1, 0.15) is 5.75 Å². The lowest BCUT2D eigenvalue weighted by atomic mass is 9.97. The number of benzene rings is 1. The van der Waals surface area contributed by atoms with Crippen LogP contribution in [0.1, 0.15) is 37.7 Å². The van der Waals surface area contributed by atoms with E-state index in [1.54, 1.807) is 12.1 Å². The van der Waals surface area contributed by atoms with Gasteiger partial charge in [-0.05, 0) is 43.9 Å². The third-order valence-corrected chi connectivity index (χ3v) is 3.78. The van der Waals surface area contributed by atoms with Crippen LogP contribution in [0.25, 0.3) is 6.08 Å². The minimum absolute atomic E-state index is 0.138. The SMILES string of the molecule is O=C(O)/C=C/c1cc(Cl)cc(Cl)c1OC1CCCCC1. The molecule has 0 atom stereocenters. The highest BCUT2D eigenvalue weighted by Gasteiger charge is 2.18. The van der Waals surface area contributed by atoms with E-state index in [0.717, 1.165) is 31.8 Å². The Morgan fingerprint density at radius 3 is 2.60 bits per heavy atom. The molecule has 0 amide bonds. The van der Waals surface area contributed by atoms with Gasteiger partial charge < -0.3 is 9.84 Å². The first kappa shape index (κ1) is 15.2. The van der Waals surface area contributed by atoms with Crippen LogP contribution in [0.3, 0.4) is 0 Å². The van der Waals surface area contributed by atoms with E-state index < -0.39 is 5.97 Å². The smallest absolute Gasteiger partial charge is 0.328 e. The Kier molecular flexibility index (Phi) is 5.32. The summed E-state index contributed by atoms with van der Waals surface area (Å²) < 4.78 is 5.97. The van der Waals surface area contributed by atoms with Gasteiger partial charge in [0.05, 0.1) is 11.1 Å². The van der Waals surface area contributed by atoms with Crippen molar-refractivity contribution < 1.29 is 14.6 Å². The van der Waals surface area contributed by atoms with E-state index in [9.17, 15) is 4.79 Å². The van der Waals surface area contributed by atoms with Crippen molar-refractivity contribution in [3.63, 3.8) is 0 Å². The molecule has 1 fully saturated rings. The molecule has 1 aliphatic rings. The molecule has 0 radical (unpaired) electrons. The molecule has 1 saturated carbocycles. The van der Waals surface area contributed by atoms with Crippen LogP contribution in [0.5, 0.6) is 5.75 Å². The quantitative estimate of drug-likeness (QED) is 0.812. The molecule has 1 N–H and O–H groups in total. The van der Waals surface area contributed by atoms with E-state index in [4.69, 9.17) is 33.0 Å². The largest absolute Gasteiger partial charge is 0.488 e. The minimum Gasteiger partial charge on any atom is -0.488 e. The summed E-state index contributed by atoms with van der Waals surface area (Å²) in [6.45, 7) is 0. The number of carboxylic acid groups (broad SMARTS) is 1. The maximum Gasteiger partial charge on any atom is 0.328 e. The zero-order valence-corrected chi connectivity index (χ0v) is 12.5. The first-order valence-electron chi connectivity index (χ1n) is 6.63. The summed E-state index contributed by atoms with van der Waals surface area (Å²) in [5.74, 6) is -0.509. The van der Waals surface area contributed by atoms with Gasteiger partial charge in [-0.25, -0.2) is 4.79 Å². The fourth-order valence-electron chi connectivity index (χ4n) is 2.34. The molecule has 1 aromatic rings. The number of carboxylic acids is 1. The Balaban J connectivity index is 2.26. The van der Waals surface area contributed by atoms with Crippen LogP contribution in [0.2, 0.25) is 10.0 Å². The Hall–Kier alpha value is -1.19. The van der Waals surface area contributed by atoms with E-state index >= 15 is 0 Å². The zero-order valence-electron chi connectivity index (χ0n) is 10.9. The molecule has 2 rings (SSSR count). The molecule has 1 aromatic carbocycles. The third-order valence-electron chi connectivity index (χ3n) is 3.28. The Bertz CT molecular complexity index is 520. The molecular weight excluding hydrogens is 299 g/mol. The lowest BCUT2D eigenvalue weighted by molar-refractivity contribution is -0.131. The van der Waals surface area contributed by atoms with Crippen LogP contribution in [0, 0.1) is 0 Å². The second-order valence-electron chi connectivity index (χ2n) is 4.86. The molecule has 0 heterocycles. The van der Waals surface area contributed by atoms with Crippen molar-refractivity contribution in [1.82, 2.24) is 0 Å². The lowest BCUT2D eigenvalue weighted by Gasteiger charge is -2.24. The summed E-state index contributed by atoms with van der Waals surface area (Å²) in [6.07, 6.45) is 8.18. The van der Waals surface area contributed by atoms with Gasteiger partial charge in [0.25, 0.3) is 0 Å². The molecule has 5 heteroatoms. The second kappa shape index (κ2) is 7.00. The Labute approximate surface area is 128 Å². The van der Waals surface area contributed by atoms with E-state index in [1.807, 2.05) is 0 Å². The second-order valence-corrected chi connectivity index (χ2v) is 5.70. The predicted molar refractivity (Wildman–Crippen MR) is 80.6 cm³/mol. The fourth-order valence-corrected chi connectivity index (χ4v) is 2.89. The predicted octanol–water partition coefficient (Wildman–Crippen LogP) is 4.80. The number of carbonyl (C=O) groups is 1. The number of hydrogen-bond acceptors (Lipinski definition) is 2. The van der Waals surface area contributed by atoms with Gasteiger partial charge in [0, 0.05) is 16.7 Å². The normalized spacial score (nSPS) is 16.5. The van der Waals surface area contributed by atoms with Crippen molar-refractivity contribution in [2.75, 3.05) is 0 Å². The number of hydrogen-bond donors (Lipinski definition) is 1. The highest BCUT2D eigenvalue weighted by Crippen LogP contribution is 2.35. The van der Waals surface area contributed by atoms with Crippen LogP contribution in [-0.2, 0) is 4.79 Å². The monoisotopic (exact) mass is 314 g/mol. The topological polar surface area (TPSA) is 46.5 Å². The molecule has 0 saturated heterocycles. The highest BCUT2D eigenvalue weighted by molar-refractivity contribution is 6.35. The minimum atomic E-state index is -1.02. The average Bonchev–Trinajstić information content (AvgIpc) is 2.41. The Morgan fingerprint density at radius 1 is 1.25 bits per heavy atom. The van der Waals surface area contributed by atoms with Crippen LogP contribution in [0.15, 0.2) is 18.2 Å². The molecule has 0 bridgehead atoms. The van der Waals surface area contributed by atoms with Crippen molar-refractivity contribution >= 4 is 35.2 Å². The molecule has 3 nitrogen and oxygen atoms in total. The summed E-state index contributed by atoms with van der Waals surface area (Å²) in [5, 5.41) is 9.60. The van der Waals surface area contributed by atoms with Crippen molar-refractivity contribution in [3.05, 3.63) is 33.8 Å². The summed E-state index contributed by atoms with van der Waals surface area (Å²) in [7, 11) is 0. The molecule has 0 unspecified atom stereocenters. The van der Waals surface area contributed by atoms with Gasteiger partial charge in [0.2, 0.25) is 0 Å². The summed E-state index contributed by atoms with van der Waals surface area (Å²) in [5.41, 5.74) is 0.593. The van der Waals surface area contributed by atoms with Gasteiger partial charge in [-0.2, -0.15) is 0 Å². The first-order valence-corrected chi connectivity index (χ1v) is 7.38. The van der Waals surface area contributed by atoms with Crippen LogP contribution in [0.4, 0.5) is 0 Å². The molecule has 108 valence electrons. The van der Waals surface area contributed by atoms with E-state index in [1.165, 1.54) is 12.5 Å². The van der Waals surface area contributed by atoms with E-state index in [-0.39, 0.29) is 6.10 Å². The van der Waals surface area contributed by atoms with E-state index in [0.29, 0.717) is 21.4 Å². The van der Waals surface area contributed by atoms with Crippen molar-refractivity contribution in [3.8, 4) is 5.75 Å². The third kappa shape index (κ3) is 4.15. The fraction of sp³-hybridized carbons (Fsp3) is 0.400.